The van der Waals surface area contributed by atoms with E-state index in [1.807, 2.05) is 11.8 Å². The van der Waals surface area contributed by atoms with Gasteiger partial charge in [-0.25, -0.2) is 9.78 Å². The molecule has 0 radical (unpaired) electrons. The smallest absolute Gasteiger partial charge is 0.410 e. The van der Waals surface area contributed by atoms with Crippen LogP contribution in [0.2, 0.25) is 0 Å². The van der Waals surface area contributed by atoms with Crippen molar-refractivity contribution in [1.82, 2.24) is 24.5 Å². The summed E-state index contributed by atoms with van der Waals surface area (Å²) >= 11 is 0. The maximum atomic E-state index is 11.7. The maximum absolute atomic E-state index is 11.7. The fraction of sp³-hybridized carbons (Fsp3) is 0.571. The molecule has 0 aromatic carbocycles. The van der Waals surface area contributed by atoms with Gasteiger partial charge in [0.1, 0.15) is 18.8 Å². The van der Waals surface area contributed by atoms with Crippen LogP contribution in [-0.2, 0) is 4.74 Å². The third-order valence-electron chi connectivity index (χ3n) is 4.57. The van der Waals surface area contributed by atoms with Gasteiger partial charge in [-0.1, -0.05) is 0 Å². The van der Waals surface area contributed by atoms with Crippen LogP contribution in [0.15, 0.2) is 6.33 Å². The highest BCUT2D eigenvalue weighted by molar-refractivity contribution is 5.70. The molecule has 1 atom stereocenters. The lowest BCUT2D eigenvalue weighted by Gasteiger charge is -2.24. The number of carbonyl (C=O) groups is 1. The number of hydrogen-bond donors (Lipinski definition) is 0. The van der Waals surface area contributed by atoms with Crippen LogP contribution in [-0.4, -0.2) is 62.9 Å². The maximum Gasteiger partial charge on any atom is 0.410 e. The van der Waals surface area contributed by atoms with Gasteiger partial charge in [0.2, 0.25) is 0 Å². The molecule has 2 aromatic rings. The normalized spacial score (nSPS) is 21.9. The van der Waals surface area contributed by atoms with E-state index in [9.17, 15) is 4.79 Å². The van der Waals surface area contributed by atoms with Crippen molar-refractivity contribution in [2.45, 2.75) is 26.3 Å². The van der Waals surface area contributed by atoms with E-state index in [0.29, 0.717) is 18.9 Å². The number of nitrogens with zero attached hydrogens (tertiary/aromatic N) is 6. The van der Waals surface area contributed by atoms with Gasteiger partial charge in [0.15, 0.2) is 0 Å². The molecule has 8 nitrogen and oxygen atoms in total. The average molecular weight is 302 g/mol. The first-order valence-corrected chi connectivity index (χ1v) is 7.50. The van der Waals surface area contributed by atoms with Gasteiger partial charge in [-0.05, 0) is 20.3 Å². The Morgan fingerprint density at radius 2 is 2.18 bits per heavy atom. The number of amides is 1. The minimum Gasteiger partial charge on any atom is -0.448 e. The fourth-order valence-electron chi connectivity index (χ4n) is 3.31. The number of anilines is 1. The van der Waals surface area contributed by atoms with Gasteiger partial charge in [-0.2, -0.15) is 14.6 Å². The molecule has 0 aliphatic carbocycles. The summed E-state index contributed by atoms with van der Waals surface area (Å²) in [6, 6.07) is 0.196. The van der Waals surface area contributed by atoms with E-state index < -0.39 is 0 Å². The molecule has 2 aromatic heterocycles. The Morgan fingerprint density at radius 3 is 2.95 bits per heavy atom. The van der Waals surface area contributed by atoms with Gasteiger partial charge in [-0.3, -0.25) is 4.90 Å². The Morgan fingerprint density at radius 1 is 1.32 bits per heavy atom. The lowest BCUT2D eigenvalue weighted by atomic mass is 10.2. The minimum atomic E-state index is -0.194. The summed E-state index contributed by atoms with van der Waals surface area (Å²) in [6.45, 7) is 6.89. The first-order valence-electron chi connectivity index (χ1n) is 7.50. The Hall–Kier alpha value is -2.38. The molecule has 2 fully saturated rings. The molecule has 0 bridgehead atoms. The lowest BCUT2D eigenvalue weighted by Crippen LogP contribution is -2.38. The number of rotatable bonds is 2. The van der Waals surface area contributed by atoms with Crippen LogP contribution in [0.5, 0.6) is 0 Å². The third kappa shape index (κ3) is 1.90. The van der Waals surface area contributed by atoms with Crippen LogP contribution in [0, 0.1) is 13.8 Å². The summed E-state index contributed by atoms with van der Waals surface area (Å²) in [5.74, 6) is 1.64. The van der Waals surface area contributed by atoms with Crippen LogP contribution in [0.25, 0.3) is 5.78 Å². The largest absolute Gasteiger partial charge is 0.448 e. The first kappa shape index (κ1) is 13.3. The summed E-state index contributed by atoms with van der Waals surface area (Å²) in [4.78, 5) is 24.5. The number of hydrogen-bond acceptors (Lipinski definition) is 6. The standard InChI is InChI=1S/C14H18N6O2/c1-9-10(2)17-13-15-8-16-20(13)12(9)18-4-3-11(7-18)19-5-6-22-14(19)21/h8,11H,3-7H2,1-2H3. The highest BCUT2D eigenvalue weighted by atomic mass is 16.6. The van der Waals surface area contributed by atoms with E-state index in [2.05, 4.69) is 26.9 Å². The lowest BCUT2D eigenvalue weighted by molar-refractivity contribution is 0.150. The Kier molecular flexibility index (Phi) is 2.91. The van der Waals surface area contributed by atoms with Crippen LogP contribution < -0.4 is 4.90 Å². The van der Waals surface area contributed by atoms with Crippen molar-refractivity contribution in [3.8, 4) is 0 Å². The molecule has 2 aliphatic heterocycles. The molecular formula is C14H18N6O2. The first-order chi connectivity index (χ1) is 10.6. The second kappa shape index (κ2) is 4.82. The molecule has 8 heteroatoms. The highest BCUT2D eigenvalue weighted by Crippen LogP contribution is 2.28. The molecular weight excluding hydrogens is 284 g/mol. The topological polar surface area (TPSA) is 75.9 Å². The van der Waals surface area contributed by atoms with Gasteiger partial charge in [0.25, 0.3) is 5.78 Å². The summed E-state index contributed by atoms with van der Waals surface area (Å²) in [5.41, 5.74) is 2.06. The van der Waals surface area contributed by atoms with E-state index in [0.717, 1.165) is 36.6 Å². The molecule has 1 unspecified atom stereocenters. The van der Waals surface area contributed by atoms with Crippen LogP contribution >= 0.6 is 0 Å². The van der Waals surface area contributed by atoms with Gasteiger partial charge in [-0.15, -0.1) is 0 Å². The molecule has 116 valence electrons. The molecule has 0 spiro atoms. The van der Waals surface area contributed by atoms with Gasteiger partial charge >= 0.3 is 6.09 Å². The fourth-order valence-corrected chi connectivity index (χ4v) is 3.31. The van der Waals surface area contributed by atoms with Gasteiger partial charge in [0.05, 0.1) is 12.6 Å². The van der Waals surface area contributed by atoms with Gasteiger partial charge in [0, 0.05) is 24.3 Å². The van der Waals surface area contributed by atoms with E-state index in [1.165, 1.54) is 6.33 Å². The summed E-state index contributed by atoms with van der Waals surface area (Å²) in [6.07, 6.45) is 2.27. The highest BCUT2D eigenvalue weighted by Gasteiger charge is 2.35. The van der Waals surface area contributed by atoms with Crippen molar-refractivity contribution in [3.05, 3.63) is 17.6 Å². The zero-order valence-corrected chi connectivity index (χ0v) is 12.7. The second-order valence-corrected chi connectivity index (χ2v) is 5.81. The molecule has 1 amide bonds. The van der Waals surface area contributed by atoms with E-state index >= 15 is 0 Å². The van der Waals surface area contributed by atoms with Crippen molar-refractivity contribution in [3.63, 3.8) is 0 Å². The SMILES string of the molecule is Cc1nc2ncnn2c(N2CCC(N3CCOC3=O)C2)c1C. The van der Waals surface area contributed by atoms with Crippen molar-refractivity contribution in [2.24, 2.45) is 0 Å². The van der Waals surface area contributed by atoms with Crippen LogP contribution in [0.3, 0.4) is 0 Å². The second-order valence-electron chi connectivity index (χ2n) is 5.81. The third-order valence-corrected chi connectivity index (χ3v) is 4.57. The molecule has 0 N–H and O–H groups in total. The predicted molar refractivity (Wildman–Crippen MR) is 78.9 cm³/mol. The number of fused-ring (bicyclic) bond motifs is 1. The van der Waals surface area contributed by atoms with Crippen LogP contribution in [0.1, 0.15) is 17.7 Å². The Bertz CT molecular complexity index is 742. The van der Waals surface area contributed by atoms with Crippen molar-refractivity contribution < 1.29 is 9.53 Å². The molecule has 4 rings (SSSR count). The molecule has 2 aliphatic rings. The molecule has 22 heavy (non-hydrogen) atoms. The number of ether oxygens (including phenoxy) is 1. The Labute approximate surface area is 127 Å². The predicted octanol–water partition coefficient (Wildman–Crippen LogP) is 0.772. The van der Waals surface area contributed by atoms with E-state index in [4.69, 9.17) is 4.74 Å². The zero-order valence-electron chi connectivity index (χ0n) is 12.7. The molecule has 0 saturated carbocycles. The van der Waals surface area contributed by atoms with E-state index in [1.54, 1.807) is 4.52 Å². The average Bonchev–Trinajstić information content (AvgIpc) is 3.20. The number of aryl methyl sites for hydroxylation is 1. The summed E-state index contributed by atoms with van der Waals surface area (Å²) < 4.78 is 6.84. The van der Waals surface area contributed by atoms with Crippen LogP contribution in [0.4, 0.5) is 10.6 Å². The molecule has 4 heterocycles. The van der Waals surface area contributed by atoms with Crippen molar-refractivity contribution >= 4 is 17.7 Å². The minimum absolute atomic E-state index is 0.194. The number of aromatic nitrogens is 4. The van der Waals surface area contributed by atoms with Crippen molar-refractivity contribution in [2.75, 3.05) is 31.1 Å². The zero-order chi connectivity index (χ0) is 15.3. The summed E-state index contributed by atoms with van der Waals surface area (Å²) in [7, 11) is 0. The van der Waals surface area contributed by atoms with Crippen molar-refractivity contribution in [1.29, 1.82) is 0 Å². The van der Waals surface area contributed by atoms with E-state index in [-0.39, 0.29) is 12.1 Å². The number of cyclic esters (lactones) is 1. The quantitative estimate of drug-likeness (QED) is 0.815. The number of carbonyl (C=O) groups excluding carboxylic acids is 1. The summed E-state index contributed by atoms with van der Waals surface area (Å²) in [5, 5.41) is 4.30. The molecule has 2 saturated heterocycles. The monoisotopic (exact) mass is 302 g/mol. The Balaban J connectivity index is 1.67. The van der Waals surface area contributed by atoms with Gasteiger partial charge < -0.3 is 9.64 Å².